The average molecular weight is 318 g/mol. The van der Waals surface area contributed by atoms with Crippen LogP contribution in [0.4, 0.5) is 5.69 Å². The SMILES string of the molecule is NC1CCC(C(=O)Nc2ccc(C3(O)CCOCC3)cc2)CC1. The van der Waals surface area contributed by atoms with Crippen molar-refractivity contribution in [3.63, 3.8) is 0 Å². The van der Waals surface area contributed by atoms with E-state index in [1.165, 1.54) is 0 Å². The number of carbonyl (C=O) groups is 1. The number of rotatable bonds is 3. The molecule has 1 saturated heterocycles. The van der Waals surface area contributed by atoms with Gasteiger partial charge >= 0.3 is 0 Å². The van der Waals surface area contributed by atoms with Crippen LogP contribution in [-0.4, -0.2) is 30.3 Å². The number of aliphatic hydroxyl groups is 1. The monoisotopic (exact) mass is 318 g/mol. The van der Waals surface area contributed by atoms with Crippen LogP contribution in [0, 0.1) is 5.92 Å². The summed E-state index contributed by atoms with van der Waals surface area (Å²) in [5.74, 6) is 0.142. The zero-order valence-electron chi connectivity index (χ0n) is 13.5. The second-order valence-electron chi connectivity index (χ2n) is 6.82. The van der Waals surface area contributed by atoms with Crippen LogP contribution in [0.3, 0.4) is 0 Å². The van der Waals surface area contributed by atoms with Gasteiger partial charge in [0.05, 0.1) is 5.60 Å². The van der Waals surface area contributed by atoms with Gasteiger partial charge in [-0.1, -0.05) is 12.1 Å². The minimum Gasteiger partial charge on any atom is -0.385 e. The van der Waals surface area contributed by atoms with Crippen molar-refractivity contribution in [1.29, 1.82) is 0 Å². The van der Waals surface area contributed by atoms with Crippen molar-refractivity contribution in [2.24, 2.45) is 11.7 Å². The number of hydrogen-bond acceptors (Lipinski definition) is 4. The van der Waals surface area contributed by atoms with Crippen molar-refractivity contribution in [2.45, 2.75) is 50.2 Å². The molecule has 4 N–H and O–H groups in total. The van der Waals surface area contributed by atoms with Gasteiger partial charge in [-0.3, -0.25) is 4.79 Å². The molecule has 1 aliphatic carbocycles. The summed E-state index contributed by atoms with van der Waals surface area (Å²) in [6, 6.07) is 7.79. The largest absolute Gasteiger partial charge is 0.385 e. The molecule has 1 aromatic rings. The van der Waals surface area contributed by atoms with Gasteiger partial charge < -0.3 is 20.9 Å². The molecule has 23 heavy (non-hydrogen) atoms. The summed E-state index contributed by atoms with van der Waals surface area (Å²) in [5.41, 5.74) is 6.75. The summed E-state index contributed by atoms with van der Waals surface area (Å²) in [6.07, 6.45) is 4.80. The molecule has 0 atom stereocenters. The summed E-state index contributed by atoms with van der Waals surface area (Å²) in [5, 5.41) is 13.6. The minimum atomic E-state index is -0.805. The van der Waals surface area contributed by atoms with Crippen LogP contribution in [0.25, 0.3) is 0 Å². The van der Waals surface area contributed by atoms with Crippen molar-refractivity contribution in [3.8, 4) is 0 Å². The molecule has 1 heterocycles. The van der Waals surface area contributed by atoms with Gasteiger partial charge in [0.2, 0.25) is 5.91 Å². The van der Waals surface area contributed by atoms with Crippen molar-refractivity contribution < 1.29 is 14.6 Å². The minimum absolute atomic E-state index is 0.0640. The fourth-order valence-corrected chi connectivity index (χ4v) is 3.49. The summed E-state index contributed by atoms with van der Waals surface area (Å²) in [4.78, 5) is 12.3. The van der Waals surface area contributed by atoms with Gasteiger partial charge in [0.15, 0.2) is 0 Å². The molecule has 0 radical (unpaired) electrons. The third-order valence-electron chi connectivity index (χ3n) is 5.15. The maximum absolute atomic E-state index is 12.3. The zero-order chi connectivity index (χ0) is 16.3. The third-order valence-corrected chi connectivity index (χ3v) is 5.15. The van der Waals surface area contributed by atoms with Gasteiger partial charge in [-0.05, 0) is 43.4 Å². The highest BCUT2D eigenvalue weighted by atomic mass is 16.5. The molecule has 1 aromatic carbocycles. The van der Waals surface area contributed by atoms with Gasteiger partial charge in [0, 0.05) is 43.7 Å². The number of nitrogens with two attached hydrogens (primary N) is 1. The van der Waals surface area contributed by atoms with Crippen molar-refractivity contribution >= 4 is 11.6 Å². The van der Waals surface area contributed by atoms with Crippen LogP contribution in [-0.2, 0) is 15.1 Å². The second-order valence-corrected chi connectivity index (χ2v) is 6.82. The van der Waals surface area contributed by atoms with Gasteiger partial charge in [-0.2, -0.15) is 0 Å². The number of carbonyl (C=O) groups excluding carboxylic acids is 1. The first kappa shape index (κ1) is 16.4. The predicted octanol–water partition coefficient (Wildman–Crippen LogP) is 2.14. The lowest BCUT2D eigenvalue weighted by molar-refractivity contribution is -0.120. The summed E-state index contributed by atoms with van der Waals surface area (Å²) < 4.78 is 5.31. The Morgan fingerprint density at radius 1 is 1.13 bits per heavy atom. The Balaban J connectivity index is 1.60. The molecule has 5 nitrogen and oxygen atoms in total. The molecule has 0 bridgehead atoms. The first-order valence-corrected chi connectivity index (χ1v) is 8.54. The topological polar surface area (TPSA) is 84.6 Å². The second kappa shape index (κ2) is 6.99. The van der Waals surface area contributed by atoms with E-state index < -0.39 is 5.60 Å². The van der Waals surface area contributed by atoms with Crippen LogP contribution in [0.2, 0.25) is 0 Å². The highest BCUT2D eigenvalue weighted by molar-refractivity contribution is 5.92. The lowest BCUT2D eigenvalue weighted by Crippen LogP contribution is -2.33. The van der Waals surface area contributed by atoms with E-state index in [0.717, 1.165) is 36.9 Å². The molecule has 1 amide bonds. The summed E-state index contributed by atoms with van der Waals surface area (Å²) in [6.45, 7) is 1.16. The third kappa shape index (κ3) is 3.91. The molecule has 2 fully saturated rings. The Morgan fingerprint density at radius 2 is 1.74 bits per heavy atom. The Labute approximate surface area is 137 Å². The van der Waals surface area contributed by atoms with Crippen LogP contribution in [0.15, 0.2) is 24.3 Å². The molecule has 2 aliphatic rings. The zero-order valence-corrected chi connectivity index (χ0v) is 13.5. The van der Waals surface area contributed by atoms with Gasteiger partial charge in [-0.25, -0.2) is 0 Å². The van der Waals surface area contributed by atoms with E-state index in [0.29, 0.717) is 26.1 Å². The molecule has 126 valence electrons. The average Bonchev–Trinajstić information content (AvgIpc) is 2.56. The highest BCUT2D eigenvalue weighted by Gasteiger charge is 2.31. The van der Waals surface area contributed by atoms with Crippen molar-refractivity contribution in [2.75, 3.05) is 18.5 Å². The Hall–Kier alpha value is -1.43. The van der Waals surface area contributed by atoms with E-state index in [1.807, 2.05) is 24.3 Å². The molecular formula is C18H26N2O3. The fraction of sp³-hybridized carbons (Fsp3) is 0.611. The number of benzene rings is 1. The highest BCUT2D eigenvalue weighted by Crippen LogP contribution is 2.32. The quantitative estimate of drug-likeness (QED) is 0.797. The molecule has 3 rings (SSSR count). The van der Waals surface area contributed by atoms with E-state index in [-0.39, 0.29) is 17.9 Å². The molecule has 5 heteroatoms. The van der Waals surface area contributed by atoms with E-state index in [4.69, 9.17) is 10.5 Å². The van der Waals surface area contributed by atoms with E-state index in [9.17, 15) is 9.90 Å². The standard InChI is InChI=1S/C18H26N2O3/c19-15-5-1-13(2-6-15)17(21)20-16-7-3-14(4-8-16)18(22)9-11-23-12-10-18/h3-4,7-8,13,15,22H,1-2,5-6,9-12,19H2,(H,20,21). The van der Waals surface area contributed by atoms with Crippen LogP contribution in [0.1, 0.15) is 44.1 Å². The number of amides is 1. The van der Waals surface area contributed by atoms with Gasteiger partial charge in [0.25, 0.3) is 0 Å². The molecule has 1 saturated carbocycles. The van der Waals surface area contributed by atoms with E-state index in [2.05, 4.69) is 5.32 Å². The van der Waals surface area contributed by atoms with Crippen LogP contribution < -0.4 is 11.1 Å². The fourth-order valence-electron chi connectivity index (χ4n) is 3.49. The summed E-state index contributed by atoms with van der Waals surface area (Å²) in [7, 11) is 0. The van der Waals surface area contributed by atoms with E-state index >= 15 is 0 Å². The molecular weight excluding hydrogens is 292 g/mol. The number of anilines is 1. The number of hydrogen-bond donors (Lipinski definition) is 3. The van der Waals surface area contributed by atoms with Crippen molar-refractivity contribution in [1.82, 2.24) is 0 Å². The van der Waals surface area contributed by atoms with Crippen molar-refractivity contribution in [3.05, 3.63) is 29.8 Å². The lowest BCUT2D eigenvalue weighted by Gasteiger charge is -2.32. The Bertz CT molecular complexity index is 530. The first-order valence-electron chi connectivity index (χ1n) is 8.54. The predicted molar refractivity (Wildman–Crippen MR) is 89.0 cm³/mol. The van der Waals surface area contributed by atoms with Gasteiger partial charge in [0.1, 0.15) is 0 Å². The Kier molecular flexibility index (Phi) is 4.99. The summed E-state index contributed by atoms with van der Waals surface area (Å²) >= 11 is 0. The number of nitrogens with one attached hydrogen (secondary N) is 1. The lowest BCUT2D eigenvalue weighted by atomic mass is 9.85. The number of ether oxygens (including phenoxy) is 1. The first-order chi connectivity index (χ1) is 11.1. The molecule has 0 unspecified atom stereocenters. The smallest absolute Gasteiger partial charge is 0.227 e. The van der Waals surface area contributed by atoms with Crippen LogP contribution in [0.5, 0.6) is 0 Å². The maximum Gasteiger partial charge on any atom is 0.227 e. The normalized spacial score (nSPS) is 27.4. The van der Waals surface area contributed by atoms with Crippen LogP contribution >= 0.6 is 0 Å². The van der Waals surface area contributed by atoms with E-state index in [1.54, 1.807) is 0 Å². The molecule has 0 aromatic heterocycles. The Morgan fingerprint density at radius 3 is 2.35 bits per heavy atom. The maximum atomic E-state index is 12.3. The van der Waals surface area contributed by atoms with Gasteiger partial charge in [-0.15, -0.1) is 0 Å². The molecule has 0 spiro atoms. The molecule has 1 aliphatic heterocycles.